The number of aromatic amines is 1. The second-order valence-electron chi connectivity index (χ2n) is 7.26. The number of para-hydroxylation sites is 1. The molecule has 138 valence electrons. The molecule has 0 saturated heterocycles. The second kappa shape index (κ2) is 7.00. The highest BCUT2D eigenvalue weighted by Crippen LogP contribution is 2.19. The average molecular weight is 361 g/mol. The van der Waals surface area contributed by atoms with E-state index in [2.05, 4.69) is 10.3 Å². The highest BCUT2D eigenvalue weighted by atomic mass is 16.2. The highest BCUT2D eigenvalue weighted by molar-refractivity contribution is 5.92. The van der Waals surface area contributed by atoms with Crippen LogP contribution in [0.15, 0.2) is 47.3 Å². The molecule has 0 aliphatic carbocycles. The van der Waals surface area contributed by atoms with Crippen LogP contribution in [0, 0.1) is 13.8 Å². The van der Waals surface area contributed by atoms with Crippen LogP contribution < -0.4 is 10.7 Å². The van der Waals surface area contributed by atoms with Gasteiger partial charge in [-0.05, 0) is 49.2 Å². The quantitative estimate of drug-likeness (QED) is 0.753. The van der Waals surface area contributed by atoms with Gasteiger partial charge in [0.15, 0.2) is 5.43 Å². The van der Waals surface area contributed by atoms with E-state index in [1.54, 1.807) is 0 Å². The summed E-state index contributed by atoms with van der Waals surface area (Å²) in [5, 5.41) is 3.67. The van der Waals surface area contributed by atoms with E-state index in [1.807, 2.05) is 61.2 Å². The number of amides is 1. The van der Waals surface area contributed by atoms with Crippen molar-refractivity contribution in [3.05, 3.63) is 75.1 Å². The lowest BCUT2D eigenvalue weighted by Crippen LogP contribution is -2.39. The van der Waals surface area contributed by atoms with Crippen LogP contribution in [-0.4, -0.2) is 28.9 Å². The van der Waals surface area contributed by atoms with Crippen LogP contribution in [0.25, 0.3) is 10.9 Å². The van der Waals surface area contributed by atoms with Crippen LogP contribution >= 0.6 is 0 Å². The van der Waals surface area contributed by atoms with Gasteiger partial charge >= 0.3 is 0 Å². The monoisotopic (exact) mass is 361 g/mol. The minimum absolute atomic E-state index is 0.0566. The van der Waals surface area contributed by atoms with Crippen LogP contribution in [0.1, 0.15) is 22.4 Å². The molecule has 0 fully saturated rings. The Bertz CT molecular complexity index is 1080. The van der Waals surface area contributed by atoms with Gasteiger partial charge in [-0.1, -0.05) is 18.2 Å². The molecule has 5 heteroatoms. The molecular formula is C22H23N3O2. The highest BCUT2D eigenvalue weighted by Gasteiger charge is 2.22. The number of carbonyl (C=O) groups is 1. The van der Waals surface area contributed by atoms with Crippen molar-refractivity contribution in [2.75, 3.05) is 18.4 Å². The minimum atomic E-state index is -0.0566. The molecule has 2 aromatic carbocycles. The van der Waals surface area contributed by atoms with Crippen molar-refractivity contribution in [2.45, 2.75) is 26.8 Å². The van der Waals surface area contributed by atoms with E-state index < -0.39 is 0 Å². The maximum atomic E-state index is 12.8. The lowest BCUT2D eigenvalue weighted by Gasteiger charge is -2.27. The molecule has 2 N–H and O–H groups in total. The van der Waals surface area contributed by atoms with Crippen LogP contribution in [0.5, 0.6) is 0 Å². The Hall–Kier alpha value is -2.92. The van der Waals surface area contributed by atoms with E-state index in [0.717, 1.165) is 41.0 Å². The number of rotatable bonds is 3. The van der Waals surface area contributed by atoms with Gasteiger partial charge in [0.1, 0.15) is 0 Å². The number of carbonyl (C=O) groups excluding carboxylic acids is 1. The predicted molar refractivity (Wildman–Crippen MR) is 108 cm³/mol. The lowest BCUT2D eigenvalue weighted by molar-refractivity contribution is -0.117. The summed E-state index contributed by atoms with van der Waals surface area (Å²) >= 11 is 0. The molecule has 0 radical (unpaired) electrons. The first-order valence-electron chi connectivity index (χ1n) is 9.23. The first-order chi connectivity index (χ1) is 13.0. The van der Waals surface area contributed by atoms with Crippen molar-refractivity contribution in [3.8, 4) is 0 Å². The van der Waals surface area contributed by atoms with Crippen molar-refractivity contribution in [1.29, 1.82) is 0 Å². The maximum Gasteiger partial charge on any atom is 0.238 e. The fraction of sp³-hybridized carbons (Fsp3) is 0.273. The Balaban J connectivity index is 1.49. The fourth-order valence-corrected chi connectivity index (χ4v) is 3.64. The third-order valence-electron chi connectivity index (χ3n) is 5.31. The van der Waals surface area contributed by atoms with Crippen LogP contribution in [-0.2, 0) is 17.8 Å². The van der Waals surface area contributed by atoms with Gasteiger partial charge in [-0.2, -0.15) is 0 Å². The zero-order valence-electron chi connectivity index (χ0n) is 15.6. The summed E-state index contributed by atoms with van der Waals surface area (Å²) in [5.41, 5.74) is 5.87. The van der Waals surface area contributed by atoms with Gasteiger partial charge in [-0.25, -0.2) is 0 Å². The standard InChI is InChI=1S/C22H23N3O2/c1-14-7-8-16(11-15(14)2)23-21(26)13-25-10-9-20-18(12-25)22(27)17-5-3-4-6-19(17)24-20/h3-8,11H,9-10,12-13H2,1-2H3,(H,23,26)(H,24,27). The average Bonchev–Trinajstić information content (AvgIpc) is 2.65. The van der Waals surface area contributed by atoms with Gasteiger partial charge < -0.3 is 10.3 Å². The summed E-state index contributed by atoms with van der Waals surface area (Å²) in [6.45, 7) is 5.60. The number of aromatic nitrogens is 1. The van der Waals surface area contributed by atoms with Gasteiger partial charge in [0.25, 0.3) is 0 Å². The summed E-state index contributed by atoms with van der Waals surface area (Å²) in [7, 11) is 0. The predicted octanol–water partition coefficient (Wildman–Crippen LogP) is 3.14. The number of H-pyrrole nitrogens is 1. The Morgan fingerprint density at radius 2 is 1.96 bits per heavy atom. The molecule has 0 spiro atoms. The SMILES string of the molecule is Cc1ccc(NC(=O)CN2CCc3[nH]c4ccccc4c(=O)c3C2)cc1C. The molecule has 0 saturated carbocycles. The summed E-state index contributed by atoms with van der Waals surface area (Å²) in [4.78, 5) is 30.7. The summed E-state index contributed by atoms with van der Waals surface area (Å²) in [5.74, 6) is -0.0566. The van der Waals surface area contributed by atoms with Crippen molar-refractivity contribution in [1.82, 2.24) is 9.88 Å². The molecule has 0 atom stereocenters. The summed E-state index contributed by atoms with van der Waals surface area (Å²) < 4.78 is 0. The number of fused-ring (bicyclic) bond motifs is 2. The van der Waals surface area contributed by atoms with Crippen LogP contribution in [0.2, 0.25) is 0 Å². The van der Waals surface area contributed by atoms with Gasteiger partial charge in [0.05, 0.1) is 6.54 Å². The van der Waals surface area contributed by atoms with Crippen molar-refractivity contribution >= 4 is 22.5 Å². The lowest BCUT2D eigenvalue weighted by atomic mass is 10.0. The molecule has 0 unspecified atom stereocenters. The number of aryl methyl sites for hydroxylation is 2. The van der Waals surface area contributed by atoms with E-state index in [1.165, 1.54) is 5.56 Å². The number of hydrogen-bond donors (Lipinski definition) is 2. The number of hydrogen-bond acceptors (Lipinski definition) is 3. The zero-order chi connectivity index (χ0) is 19.0. The van der Waals surface area contributed by atoms with Gasteiger partial charge in [-0.15, -0.1) is 0 Å². The van der Waals surface area contributed by atoms with E-state index in [0.29, 0.717) is 11.9 Å². The largest absolute Gasteiger partial charge is 0.358 e. The van der Waals surface area contributed by atoms with E-state index in [-0.39, 0.29) is 17.9 Å². The molecule has 1 aliphatic heterocycles. The molecule has 1 aliphatic rings. The normalized spacial score (nSPS) is 14.1. The first-order valence-corrected chi connectivity index (χ1v) is 9.23. The molecule has 4 rings (SSSR count). The Labute approximate surface area is 158 Å². The Morgan fingerprint density at radius 1 is 1.15 bits per heavy atom. The second-order valence-corrected chi connectivity index (χ2v) is 7.26. The zero-order valence-corrected chi connectivity index (χ0v) is 15.6. The molecule has 0 bridgehead atoms. The topological polar surface area (TPSA) is 65.2 Å². The molecule has 5 nitrogen and oxygen atoms in total. The van der Waals surface area contributed by atoms with E-state index in [9.17, 15) is 9.59 Å². The molecule has 1 aromatic heterocycles. The van der Waals surface area contributed by atoms with Crippen molar-refractivity contribution in [2.24, 2.45) is 0 Å². The molecule has 27 heavy (non-hydrogen) atoms. The fourth-order valence-electron chi connectivity index (χ4n) is 3.64. The maximum absolute atomic E-state index is 12.8. The molecule has 3 aromatic rings. The van der Waals surface area contributed by atoms with Crippen molar-refractivity contribution in [3.63, 3.8) is 0 Å². The Morgan fingerprint density at radius 3 is 2.78 bits per heavy atom. The van der Waals surface area contributed by atoms with E-state index >= 15 is 0 Å². The minimum Gasteiger partial charge on any atom is -0.358 e. The smallest absolute Gasteiger partial charge is 0.238 e. The molecule has 2 heterocycles. The number of anilines is 1. The summed E-state index contributed by atoms with van der Waals surface area (Å²) in [6.07, 6.45) is 0.742. The molecular weight excluding hydrogens is 338 g/mol. The third kappa shape index (κ3) is 3.51. The van der Waals surface area contributed by atoms with Gasteiger partial charge in [0, 0.05) is 47.4 Å². The summed E-state index contributed by atoms with van der Waals surface area (Å²) in [6, 6.07) is 13.5. The van der Waals surface area contributed by atoms with Gasteiger partial charge in [0.2, 0.25) is 5.91 Å². The van der Waals surface area contributed by atoms with Crippen molar-refractivity contribution < 1.29 is 4.79 Å². The number of benzene rings is 2. The third-order valence-corrected chi connectivity index (χ3v) is 5.31. The molecule has 1 amide bonds. The first kappa shape index (κ1) is 17.5. The van der Waals surface area contributed by atoms with E-state index in [4.69, 9.17) is 0 Å². The van der Waals surface area contributed by atoms with Gasteiger partial charge in [-0.3, -0.25) is 14.5 Å². The van der Waals surface area contributed by atoms with Crippen LogP contribution in [0.3, 0.4) is 0 Å². The number of pyridine rings is 1. The van der Waals surface area contributed by atoms with Crippen LogP contribution in [0.4, 0.5) is 5.69 Å². The number of nitrogens with zero attached hydrogens (tertiary/aromatic N) is 1. The number of nitrogens with one attached hydrogen (secondary N) is 2. The Kier molecular flexibility index (Phi) is 4.54.